The van der Waals surface area contributed by atoms with E-state index < -0.39 is 0 Å². The first-order chi connectivity index (χ1) is 8.27. The Morgan fingerprint density at radius 3 is 2.88 bits per heavy atom. The Morgan fingerprint density at radius 2 is 2.29 bits per heavy atom. The van der Waals surface area contributed by atoms with Crippen molar-refractivity contribution in [1.29, 1.82) is 0 Å². The van der Waals surface area contributed by atoms with Crippen LogP contribution in [0.5, 0.6) is 5.75 Å². The molecule has 6 nitrogen and oxygen atoms in total. The zero-order valence-electron chi connectivity index (χ0n) is 10.1. The van der Waals surface area contributed by atoms with Crippen LogP contribution in [-0.4, -0.2) is 33.9 Å². The molecule has 0 spiro atoms. The van der Waals surface area contributed by atoms with Crippen molar-refractivity contribution in [3.63, 3.8) is 0 Å². The highest BCUT2D eigenvalue weighted by Crippen LogP contribution is 2.27. The molecule has 6 heteroatoms. The van der Waals surface area contributed by atoms with Crippen molar-refractivity contribution in [3.05, 3.63) is 36.2 Å². The van der Waals surface area contributed by atoms with E-state index >= 15 is 0 Å². The van der Waals surface area contributed by atoms with Crippen molar-refractivity contribution in [1.82, 2.24) is 25.1 Å². The van der Waals surface area contributed by atoms with E-state index in [-0.39, 0.29) is 6.04 Å². The van der Waals surface area contributed by atoms with Crippen LogP contribution in [-0.2, 0) is 7.05 Å². The van der Waals surface area contributed by atoms with Gasteiger partial charge in [0.2, 0.25) is 0 Å². The molecule has 17 heavy (non-hydrogen) atoms. The highest BCUT2D eigenvalue weighted by Gasteiger charge is 2.21. The second-order valence-corrected chi connectivity index (χ2v) is 3.58. The van der Waals surface area contributed by atoms with Gasteiger partial charge in [-0.15, -0.1) is 0 Å². The summed E-state index contributed by atoms with van der Waals surface area (Å²) in [6, 6.07) is 1.80. The van der Waals surface area contributed by atoms with Crippen LogP contribution in [0.2, 0.25) is 0 Å². The minimum absolute atomic E-state index is 0.0690. The average molecular weight is 233 g/mol. The van der Waals surface area contributed by atoms with Crippen molar-refractivity contribution < 1.29 is 4.74 Å². The van der Waals surface area contributed by atoms with E-state index in [1.807, 2.05) is 20.2 Å². The molecule has 0 fully saturated rings. The molecule has 0 saturated carbocycles. The number of hydrogen-bond acceptors (Lipinski definition) is 5. The van der Waals surface area contributed by atoms with E-state index in [0.717, 1.165) is 17.1 Å². The number of aryl methyl sites for hydroxylation is 1. The van der Waals surface area contributed by atoms with E-state index in [4.69, 9.17) is 4.74 Å². The van der Waals surface area contributed by atoms with Gasteiger partial charge in [-0.05, 0) is 13.1 Å². The number of ether oxygens (including phenoxy) is 1. The number of nitrogens with one attached hydrogen (secondary N) is 1. The number of aromatic nitrogens is 4. The molecule has 0 saturated heterocycles. The van der Waals surface area contributed by atoms with Gasteiger partial charge in [0.15, 0.2) is 5.75 Å². The summed E-state index contributed by atoms with van der Waals surface area (Å²) >= 11 is 0. The molecule has 90 valence electrons. The molecule has 2 heterocycles. The first-order valence-electron chi connectivity index (χ1n) is 5.27. The number of methoxy groups -OCH3 is 1. The van der Waals surface area contributed by atoms with Crippen LogP contribution >= 0.6 is 0 Å². The van der Waals surface area contributed by atoms with E-state index in [1.165, 1.54) is 6.33 Å². The van der Waals surface area contributed by atoms with Crippen LogP contribution in [0.3, 0.4) is 0 Å². The average Bonchev–Trinajstić information content (AvgIpc) is 2.74. The van der Waals surface area contributed by atoms with Crippen LogP contribution < -0.4 is 10.1 Å². The molecule has 0 radical (unpaired) electrons. The maximum atomic E-state index is 5.30. The molecule has 1 N–H and O–H groups in total. The molecule has 0 bridgehead atoms. The Balaban J connectivity index is 2.45. The summed E-state index contributed by atoms with van der Waals surface area (Å²) in [5.74, 6) is 0.741. The Bertz CT molecular complexity index is 482. The van der Waals surface area contributed by atoms with Gasteiger partial charge in [-0.1, -0.05) is 0 Å². The third-order valence-corrected chi connectivity index (χ3v) is 2.63. The summed E-state index contributed by atoms with van der Waals surface area (Å²) in [5.41, 5.74) is 1.82. The van der Waals surface area contributed by atoms with E-state index in [1.54, 1.807) is 24.2 Å². The quantitative estimate of drug-likeness (QED) is 0.834. The highest BCUT2D eigenvalue weighted by atomic mass is 16.5. The van der Waals surface area contributed by atoms with Gasteiger partial charge < -0.3 is 10.1 Å². The van der Waals surface area contributed by atoms with E-state index in [0.29, 0.717) is 0 Å². The first-order valence-corrected chi connectivity index (χ1v) is 5.27. The van der Waals surface area contributed by atoms with E-state index in [9.17, 15) is 0 Å². The predicted molar refractivity (Wildman–Crippen MR) is 62.7 cm³/mol. The zero-order valence-corrected chi connectivity index (χ0v) is 10.1. The Morgan fingerprint density at radius 1 is 1.47 bits per heavy atom. The third kappa shape index (κ3) is 2.12. The molecule has 2 aromatic rings. The van der Waals surface area contributed by atoms with Gasteiger partial charge in [0, 0.05) is 13.2 Å². The fraction of sp³-hybridized carbons (Fsp3) is 0.364. The number of rotatable bonds is 4. The van der Waals surface area contributed by atoms with Crippen LogP contribution in [0.25, 0.3) is 0 Å². The van der Waals surface area contributed by atoms with Gasteiger partial charge in [0.05, 0.1) is 25.0 Å². The Hall–Kier alpha value is -1.95. The topological polar surface area (TPSA) is 64.9 Å². The molecule has 2 aromatic heterocycles. The summed E-state index contributed by atoms with van der Waals surface area (Å²) in [6.07, 6.45) is 4.94. The molecule has 1 unspecified atom stereocenters. The zero-order chi connectivity index (χ0) is 12.3. The molecular weight excluding hydrogens is 218 g/mol. The first kappa shape index (κ1) is 11.5. The molecule has 0 amide bonds. The lowest BCUT2D eigenvalue weighted by Crippen LogP contribution is -2.22. The van der Waals surface area contributed by atoms with Crippen LogP contribution in [0.15, 0.2) is 24.8 Å². The third-order valence-electron chi connectivity index (χ3n) is 2.63. The largest absolute Gasteiger partial charge is 0.493 e. The number of nitrogens with zero attached hydrogens (tertiary/aromatic N) is 4. The van der Waals surface area contributed by atoms with Crippen LogP contribution in [0, 0.1) is 0 Å². The molecule has 0 aliphatic rings. The molecule has 1 atom stereocenters. The minimum Gasteiger partial charge on any atom is -0.493 e. The summed E-state index contributed by atoms with van der Waals surface area (Å²) < 4.78 is 7.08. The maximum absolute atomic E-state index is 5.30. The molecule has 0 aliphatic carbocycles. The second kappa shape index (κ2) is 4.92. The standard InChI is InChI=1S/C11H15N5O/c1-12-10(8-4-5-13-7-14-8)11-9(17-3)6-15-16(11)2/h4-7,10,12H,1-3H3. The monoisotopic (exact) mass is 233 g/mol. The second-order valence-electron chi connectivity index (χ2n) is 3.58. The molecule has 2 rings (SSSR count). The van der Waals surface area contributed by atoms with Crippen molar-refractivity contribution in [2.24, 2.45) is 7.05 Å². The highest BCUT2D eigenvalue weighted by molar-refractivity contribution is 5.33. The SMILES string of the molecule is CNC(c1ccncn1)c1c(OC)cnn1C. The summed E-state index contributed by atoms with van der Waals surface area (Å²) in [5, 5.41) is 7.40. The van der Waals surface area contributed by atoms with Crippen molar-refractivity contribution in [2.75, 3.05) is 14.2 Å². The van der Waals surface area contributed by atoms with Gasteiger partial charge in [0.1, 0.15) is 12.0 Å². The Kier molecular flexibility index (Phi) is 3.34. The lowest BCUT2D eigenvalue weighted by atomic mass is 10.1. The summed E-state index contributed by atoms with van der Waals surface area (Å²) in [7, 11) is 5.38. The summed E-state index contributed by atoms with van der Waals surface area (Å²) in [4.78, 5) is 8.17. The van der Waals surface area contributed by atoms with Gasteiger partial charge >= 0.3 is 0 Å². The normalized spacial score (nSPS) is 12.4. The van der Waals surface area contributed by atoms with E-state index in [2.05, 4.69) is 20.4 Å². The fourth-order valence-corrected chi connectivity index (χ4v) is 1.81. The molecule has 0 aromatic carbocycles. The fourth-order valence-electron chi connectivity index (χ4n) is 1.81. The molecular formula is C11H15N5O. The molecule has 0 aliphatic heterocycles. The lowest BCUT2D eigenvalue weighted by molar-refractivity contribution is 0.402. The predicted octanol–water partition coefficient (Wildman–Crippen LogP) is 0.527. The van der Waals surface area contributed by atoms with Crippen molar-refractivity contribution in [3.8, 4) is 5.75 Å². The maximum Gasteiger partial charge on any atom is 0.161 e. The smallest absolute Gasteiger partial charge is 0.161 e. The van der Waals surface area contributed by atoms with Gasteiger partial charge in [-0.25, -0.2) is 9.97 Å². The Labute approximate surface area is 99.7 Å². The van der Waals surface area contributed by atoms with Crippen LogP contribution in [0.4, 0.5) is 0 Å². The van der Waals surface area contributed by atoms with Crippen molar-refractivity contribution in [2.45, 2.75) is 6.04 Å². The number of hydrogen-bond donors (Lipinski definition) is 1. The lowest BCUT2D eigenvalue weighted by Gasteiger charge is -2.17. The van der Waals surface area contributed by atoms with Gasteiger partial charge in [0.25, 0.3) is 0 Å². The van der Waals surface area contributed by atoms with Crippen LogP contribution in [0.1, 0.15) is 17.4 Å². The minimum atomic E-state index is -0.0690. The van der Waals surface area contributed by atoms with Gasteiger partial charge in [-0.3, -0.25) is 4.68 Å². The van der Waals surface area contributed by atoms with Crippen molar-refractivity contribution >= 4 is 0 Å². The van der Waals surface area contributed by atoms with Gasteiger partial charge in [-0.2, -0.15) is 5.10 Å². The summed E-state index contributed by atoms with van der Waals surface area (Å²) in [6.45, 7) is 0.